The number of amides is 1. The van der Waals surface area contributed by atoms with Crippen LogP contribution in [0.25, 0.3) is 0 Å². The molecule has 2 N–H and O–H groups in total. The maximum absolute atomic E-state index is 12.7. The SMILES string of the molecule is CC(C)CCOc1ccccc1C(=O)Nc1ccc(S(=O)(=O)Nc2ccccc2)cc1. The zero-order valence-electron chi connectivity index (χ0n) is 17.5. The first kappa shape index (κ1) is 22.4. The fourth-order valence-electron chi connectivity index (χ4n) is 2.82. The number of carbonyl (C=O) groups excluding carboxylic acids is 1. The highest BCUT2D eigenvalue weighted by Gasteiger charge is 2.16. The van der Waals surface area contributed by atoms with Gasteiger partial charge in [0, 0.05) is 11.4 Å². The second-order valence-corrected chi connectivity index (χ2v) is 9.16. The number of para-hydroxylation sites is 2. The molecule has 0 fully saturated rings. The molecule has 0 aliphatic rings. The summed E-state index contributed by atoms with van der Waals surface area (Å²) in [6, 6.07) is 21.7. The van der Waals surface area contributed by atoms with Crippen LogP contribution in [-0.4, -0.2) is 20.9 Å². The van der Waals surface area contributed by atoms with Crippen molar-refractivity contribution in [2.45, 2.75) is 25.2 Å². The van der Waals surface area contributed by atoms with Gasteiger partial charge in [-0.05, 0) is 60.9 Å². The van der Waals surface area contributed by atoms with E-state index < -0.39 is 10.0 Å². The first-order chi connectivity index (χ1) is 14.8. The van der Waals surface area contributed by atoms with E-state index in [1.165, 1.54) is 12.1 Å². The average molecular weight is 439 g/mol. The normalized spacial score (nSPS) is 11.2. The number of rotatable bonds is 9. The van der Waals surface area contributed by atoms with Crippen LogP contribution in [0.3, 0.4) is 0 Å². The molecule has 162 valence electrons. The first-order valence-electron chi connectivity index (χ1n) is 10.1. The molecule has 0 bridgehead atoms. The maximum atomic E-state index is 12.7. The fraction of sp³-hybridized carbons (Fsp3) is 0.208. The van der Waals surface area contributed by atoms with Crippen LogP contribution in [-0.2, 0) is 10.0 Å². The molecule has 3 aromatic rings. The zero-order valence-corrected chi connectivity index (χ0v) is 18.4. The number of hydrogen-bond acceptors (Lipinski definition) is 4. The Morgan fingerprint density at radius 1 is 0.871 bits per heavy atom. The van der Waals surface area contributed by atoms with Crippen molar-refractivity contribution < 1.29 is 17.9 Å². The molecule has 0 aromatic heterocycles. The van der Waals surface area contributed by atoms with Crippen LogP contribution in [0.5, 0.6) is 5.75 Å². The van der Waals surface area contributed by atoms with E-state index in [1.807, 2.05) is 12.1 Å². The number of ether oxygens (including phenoxy) is 1. The van der Waals surface area contributed by atoms with Gasteiger partial charge in [0.2, 0.25) is 0 Å². The van der Waals surface area contributed by atoms with Crippen LogP contribution in [0.2, 0.25) is 0 Å². The number of hydrogen-bond donors (Lipinski definition) is 2. The zero-order chi connectivity index (χ0) is 22.3. The molecule has 0 saturated heterocycles. The summed E-state index contributed by atoms with van der Waals surface area (Å²) in [6.07, 6.45) is 0.892. The highest BCUT2D eigenvalue weighted by atomic mass is 32.2. The third-order valence-corrected chi connectivity index (χ3v) is 5.93. The molecule has 3 aromatic carbocycles. The number of carbonyl (C=O) groups is 1. The van der Waals surface area contributed by atoms with Crippen LogP contribution in [0.15, 0.2) is 83.8 Å². The molecule has 0 aliphatic carbocycles. The van der Waals surface area contributed by atoms with E-state index in [0.717, 1.165) is 6.42 Å². The third kappa shape index (κ3) is 6.33. The lowest BCUT2D eigenvalue weighted by molar-refractivity contribution is 0.102. The molecule has 7 heteroatoms. The standard InChI is InChI=1S/C24H26N2O4S/c1-18(2)16-17-30-23-11-7-6-10-22(23)24(27)25-19-12-14-21(15-13-19)31(28,29)26-20-8-4-3-5-9-20/h3-15,18,26H,16-17H2,1-2H3,(H,25,27). The van der Waals surface area contributed by atoms with Gasteiger partial charge in [0.1, 0.15) is 5.75 Å². The number of benzene rings is 3. The minimum Gasteiger partial charge on any atom is -0.493 e. The van der Waals surface area contributed by atoms with E-state index in [4.69, 9.17) is 4.74 Å². The molecule has 0 heterocycles. The number of nitrogens with one attached hydrogen (secondary N) is 2. The molecular formula is C24H26N2O4S. The van der Waals surface area contributed by atoms with Crippen molar-refractivity contribution >= 4 is 27.3 Å². The Kier molecular flexibility index (Phi) is 7.31. The van der Waals surface area contributed by atoms with Crippen molar-refractivity contribution in [3.63, 3.8) is 0 Å². The monoisotopic (exact) mass is 438 g/mol. The van der Waals surface area contributed by atoms with Crippen LogP contribution in [0.1, 0.15) is 30.6 Å². The van der Waals surface area contributed by atoms with Crippen LogP contribution in [0, 0.1) is 5.92 Å². The Labute approximate surface area is 183 Å². The van der Waals surface area contributed by atoms with Crippen molar-refractivity contribution in [1.29, 1.82) is 0 Å². The molecule has 0 radical (unpaired) electrons. The predicted octanol–water partition coefficient (Wildman–Crippen LogP) is 5.16. The Hall–Kier alpha value is -3.32. The summed E-state index contributed by atoms with van der Waals surface area (Å²) < 4.78 is 33.4. The summed E-state index contributed by atoms with van der Waals surface area (Å²) in [5, 5.41) is 2.79. The molecule has 3 rings (SSSR count). The fourth-order valence-corrected chi connectivity index (χ4v) is 3.88. The number of sulfonamides is 1. The highest BCUT2D eigenvalue weighted by Crippen LogP contribution is 2.22. The van der Waals surface area contributed by atoms with Crippen LogP contribution >= 0.6 is 0 Å². The minimum atomic E-state index is -3.72. The van der Waals surface area contributed by atoms with Gasteiger partial charge in [-0.1, -0.05) is 44.2 Å². The Balaban J connectivity index is 1.68. The van der Waals surface area contributed by atoms with Gasteiger partial charge in [-0.2, -0.15) is 0 Å². The molecule has 0 spiro atoms. The minimum absolute atomic E-state index is 0.103. The molecule has 0 atom stereocenters. The third-order valence-electron chi connectivity index (χ3n) is 4.53. The molecule has 0 unspecified atom stereocenters. The van der Waals surface area contributed by atoms with E-state index in [0.29, 0.717) is 35.2 Å². The summed E-state index contributed by atoms with van der Waals surface area (Å²) in [7, 11) is -3.72. The summed E-state index contributed by atoms with van der Waals surface area (Å²) >= 11 is 0. The Bertz CT molecular complexity index is 1110. The Morgan fingerprint density at radius 2 is 1.52 bits per heavy atom. The largest absolute Gasteiger partial charge is 0.493 e. The van der Waals surface area contributed by atoms with Gasteiger partial charge in [0.15, 0.2) is 0 Å². The van der Waals surface area contributed by atoms with Gasteiger partial charge in [0.05, 0.1) is 17.1 Å². The van der Waals surface area contributed by atoms with Crippen molar-refractivity contribution in [3.05, 3.63) is 84.4 Å². The lowest BCUT2D eigenvalue weighted by atomic mass is 10.1. The molecule has 1 amide bonds. The van der Waals surface area contributed by atoms with E-state index in [-0.39, 0.29) is 10.8 Å². The van der Waals surface area contributed by atoms with E-state index in [2.05, 4.69) is 23.9 Å². The lowest BCUT2D eigenvalue weighted by Crippen LogP contribution is -2.15. The molecule has 0 aliphatic heterocycles. The molecule has 6 nitrogen and oxygen atoms in total. The van der Waals surface area contributed by atoms with Crippen LogP contribution in [0.4, 0.5) is 11.4 Å². The highest BCUT2D eigenvalue weighted by molar-refractivity contribution is 7.92. The molecular weight excluding hydrogens is 412 g/mol. The summed E-state index contributed by atoms with van der Waals surface area (Å²) in [4.78, 5) is 12.8. The Morgan fingerprint density at radius 3 is 2.19 bits per heavy atom. The first-order valence-corrected chi connectivity index (χ1v) is 11.5. The number of anilines is 2. The molecule has 0 saturated carbocycles. The lowest BCUT2D eigenvalue weighted by Gasteiger charge is -2.13. The average Bonchev–Trinajstić information content (AvgIpc) is 2.74. The smallest absolute Gasteiger partial charge is 0.261 e. The predicted molar refractivity (Wildman–Crippen MR) is 123 cm³/mol. The van der Waals surface area contributed by atoms with Crippen LogP contribution < -0.4 is 14.8 Å². The van der Waals surface area contributed by atoms with Crippen molar-refractivity contribution in [2.75, 3.05) is 16.6 Å². The second kappa shape index (κ2) is 10.1. The van der Waals surface area contributed by atoms with Crippen molar-refractivity contribution in [3.8, 4) is 5.75 Å². The van der Waals surface area contributed by atoms with Gasteiger partial charge in [-0.25, -0.2) is 8.42 Å². The maximum Gasteiger partial charge on any atom is 0.261 e. The summed E-state index contributed by atoms with van der Waals surface area (Å²) in [5.74, 6) is 0.706. The summed E-state index contributed by atoms with van der Waals surface area (Å²) in [5.41, 5.74) is 1.39. The quantitative estimate of drug-likeness (QED) is 0.483. The van der Waals surface area contributed by atoms with E-state index >= 15 is 0 Å². The van der Waals surface area contributed by atoms with Gasteiger partial charge in [0.25, 0.3) is 15.9 Å². The molecule has 31 heavy (non-hydrogen) atoms. The van der Waals surface area contributed by atoms with E-state index in [9.17, 15) is 13.2 Å². The van der Waals surface area contributed by atoms with Crippen molar-refractivity contribution in [1.82, 2.24) is 0 Å². The topological polar surface area (TPSA) is 84.5 Å². The van der Waals surface area contributed by atoms with Gasteiger partial charge in [-0.3, -0.25) is 9.52 Å². The van der Waals surface area contributed by atoms with Gasteiger partial charge < -0.3 is 10.1 Å². The van der Waals surface area contributed by atoms with Crippen molar-refractivity contribution in [2.24, 2.45) is 5.92 Å². The summed E-state index contributed by atoms with van der Waals surface area (Å²) in [6.45, 7) is 4.76. The second-order valence-electron chi connectivity index (χ2n) is 7.48. The van der Waals surface area contributed by atoms with Gasteiger partial charge in [-0.15, -0.1) is 0 Å². The van der Waals surface area contributed by atoms with E-state index in [1.54, 1.807) is 54.6 Å². The van der Waals surface area contributed by atoms with Gasteiger partial charge >= 0.3 is 0 Å².